The number of aliphatic carboxylic acids is 1. The highest BCUT2D eigenvalue weighted by molar-refractivity contribution is 5.75. The summed E-state index contributed by atoms with van der Waals surface area (Å²) in [7, 11) is 0. The summed E-state index contributed by atoms with van der Waals surface area (Å²) in [5, 5.41) is 9.03. The third-order valence-corrected chi connectivity index (χ3v) is 2.96. The van der Waals surface area contributed by atoms with Crippen LogP contribution in [0.3, 0.4) is 0 Å². The second-order valence-corrected chi connectivity index (χ2v) is 4.04. The predicted molar refractivity (Wildman–Crippen MR) is 58.7 cm³/mol. The van der Waals surface area contributed by atoms with Crippen molar-refractivity contribution in [2.24, 2.45) is 0 Å². The van der Waals surface area contributed by atoms with Gasteiger partial charge in [-0.2, -0.15) is 0 Å². The molecule has 0 spiro atoms. The van der Waals surface area contributed by atoms with Crippen LogP contribution in [0.15, 0.2) is 28.7 Å². The first-order valence-corrected chi connectivity index (χ1v) is 5.45. The number of nitrogens with zero attached hydrogens (tertiary/aromatic N) is 1. The van der Waals surface area contributed by atoms with E-state index in [1.165, 1.54) is 0 Å². The lowest BCUT2D eigenvalue weighted by molar-refractivity contribution is -0.148. The number of aromatic nitrogens is 1. The van der Waals surface area contributed by atoms with Crippen molar-refractivity contribution in [1.82, 2.24) is 4.98 Å². The van der Waals surface area contributed by atoms with E-state index in [9.17, 15) is 4.79 Å². The lowest BCUT2D eigenvalue weighted by Gasteiger charge is -2.09. The molecule has 2 unspecified atom stereocenters. The molecule has 0 saturated carbocycles. The fourth-order valence-electron chi connectivity index (χ4n) is 2.13. The van der Waals surface area contributed by atoms with Crippen molar-refractivity contribution in [3.05, 3.63) is 30.2 Å². The SMILES string of the molecule is O=C(O)C1OCCC1c1nc2ccccc2o1. The molecule has 1 N–H and O–H groups in total. The Morgan fingerprint density at radius 3 is 3.00 bits per heavy atom. The molecule has 88 valence electrons. The Morgan fingerprint density at radius 2 is 2.24 bits per heavy atom. The van der Waals surface area contributed by atoms with Gasteiger partial charge in [-0.15, -0.1) is 0 Å². The number of carboxylic acid groups (broad SMARTS) is 1. The Balaban J connectivity index is 2.00. The topological polar surface area (TPSA) is 72.6 Å². The van der Waals surface area contributed by atoms with Crippen molar-refractivity contribution < 1.29 is 19.1 Å². The van der Waals surface area contributed by atoms with Crippen molar-refractivity contribution in [2.45, 2.75) is 18.4 Å². The van der Waals surface area contributed by atoms with Crippen LogP contribution in [0.5, 0.6) is 0 Å². The van der Waals surface area contributed by atoms with Gasteiger partial charge in [0.2, 0.25) is 5.89 Å². The van der Waals surface area contributed by atoms with E-state index < -0.39 is 12.1 Å². The van der Waals surface area contributed by atoms with Gasteiger partial charge in [-0.1, -0.05) is 12.1 Å². The molecule has 1 aromatic carbocycles. The van der Waals surface area contributed by atoms with Gasteiger partial charge < -0.3 is 14.3 Å². The Labute approximate surface area is 97.0 Å². The van der Waals surface area contributed by atoms with Gasteiger partial charge in [-0.25, -0.2) is 9.78 Å². The molecule has 17 heavy (non-hydrogen) atoms. The van der Waals surface area contributed by atoms with Crippen LogP contribution < -0.4 is 0 Å². The highest BCUT2D eigenvalue weighted by atomic mass is 16.5. The number of carbonyl (C=O) groups is 1. The summed E-state index contributed by atoms with van der Waals surface area (Å²) in [5.41, 5.74) is 1.43. The molecule has 0 bridgehead atoms. The summed E-state index contributed by atoms with van der Waals surface area (Å²) in [4.78, 5) is 15.3. The minimum Gasteiger partial charge on any atom is -0.479 e. The molecular formula is C12H11NO4. The van der Waals surface area contributed by atoms with E-state index in [1.54, 1.807) is 0 Å². The van der Waals surface area contributed by atoms with Gasteiger partial charge in [0.05, 0.1) is 5.92 Å². The predicted octanol–water partition coefficient (Wildman–Crippen LogP) is 1.78. The molecule has 2 heterocycles. The molecule has 5 nitrogen and oxygen atoms in total. The summed E-state index contributed by atoms with van der Waals surface area (Å²) in [5.74, 6) is -0.800. The zero-order chi connectivity index (χ0) is 11.8. The number of ether oxygens (including phenoxy) is 1. The minimum atomic E-state index is -0.963. The number of oxazole rings is 1. The second kappa shape index (κ2) is 3.85. The molecular weight excluding hydrogens is 222 g/mol. The Hall–Kier alpha value is -1.88. The highest BCUT2D eigenvalue weighted by Gasteiger charge is 2.38. The Kier molecular flexibility index (Phi) is 2.33. The van der Waals surface area contributed by atoms with Crippen molar-refractivity contribution in [3.8, 4) is 0 Å². The minimum absolute atomic E-state index is 0.292. The maximum atomic E-state index is 11.0. The fourth-order valence-corrected chi connectivity index (χ4v) is 2.13. The maximum Gasteiger partial charge on any atom is 0.333 e. The summed E-state index contributed by atoms with van der Waals surface area (Å²) in [6.07, 6.45) is -0.216. The Bertz CT molecular complexity index is 529. The molecule has 1 saturated heterocycles. The Morgan fingerprint density at radius 1 is 1.41 bits per heavy atom. The average molecular weight is 233 g/mol. The summed E-state index contributed by atoms with van der Waals surface area (Å²) in [6, 6.07) is 7.39. The zero-order valence-electron chi connectivity index (χ0n) is 9.00. The number of rotatable bonds is 2. The standard InChI is InChI=1S/C12H11NO4/c14-12(15)10-7(5-6-16-10)11-13-8-3-1-2-4-9(8)17-11/h1-4,7,10H,5-6H2,(H,14,15). The van der Waals surface area contributed by atoms with Gasteiger partial charge in [-0.05, 0) is 18.6 Å². The van der Waals surface area contributed by atoms with Crippen LogP contribution in [-0.4, -0.2) is 28.8 Å². The van der Waals surface area contributed by atoms with E-state index >= 15 is 0 Å². The number of para-hydroxylation sites is 2. The lowest BCUT2D eigenvalue weighted by Crippen LogP contribution is -2.24. The summed E-state index contributed by atoms with van der Waals surface area (Å²) < 4.78 is 10.8. The van der Waals surface area contributed by atoms with E-state index in [2.05, 4.69) is 4.98 Å². The quantitative estimate of drug-likeness (QED) is 0.856. The van der Waals surface area contributed by atoms with Gasteiger partial charge in [0, 0.05) is 6.61 Å². The molecule has 1 fully saturated rings. The zero-order valence-corrected chi connectivity index (χ0v) is 9.00. The highest BCUT2D eigenvalue weighted by Crippen LogP contribution is 2.32. The molecule has 1 aromatic heterocycles. The molecule has 3 rings (SSSR count). The molecule has 2 atom stereocenters. The number of benzene rings is 1. The number of carboxylic acids is 1. The first-order valence-electron chi connectivity index (χ1n) is 5.45. The van der Waals surface area contributed by atoms with E-state index in [4.69, 9.17) is 14.3 Å². The number of hydrogen-bond acceptors (Lipinski definition) is 4. The largest absolute Gasteiger partial charge is 0.479 e. The summed E-state index contributed by atoms with van der Waals surface area (Å²) >= 11 is 0. The van der Waals surface area contributed by atoms with Crippen molar-refractivity contribution in [2.75, 3.05) is 6.61 Å². The maximum absolute atomic E-state index is 11.0. The van der Waals surface area contributed by atoms with Gasteiger partial charge in [-0.3, -0.25) is 0 Å². The van der Waals surface area contributed by atoms with Crippen LogP contribution in [0.1, 0.15) is 18.2 Å². The van der Waals surface area contributed by atoms with Crippen LogP contribution in [0.2, 0.25) is 0 Å². The summed E-state index contributed by atoms with van der Waals surface area (Å²) in [6.45, 7) is 0.431. The molecule has 1 aliphatic rings. The number of fused-ring (bicyclic) bond motifs is 1. The number of hydrogen-bond donors (Lipinski definition) is 1. The van der Waals surface area contributed by atoms with Crippen molar-refractivity contribution in [1.29, 1.82) is 0 Å². The smallest absolute Gasteiger partial charge is 0.333 e. The van der Waals surface area contributed by atoms with E-state index in [1.807, 2.05) is 24.3 Å². The van der Waals surface area contributed by atoms with Crippen LogP contribution in [-0.2, 0) is 9.53 Å². The van der Waals surface area contributed by atoms with Gasteiger partial charge >= 0.3 is 5.97 Å². The van der Waals surface area contributed by atoms with Crippen molar-refractivity contribution in [3.63, 3.8) is 0 Å². The van der Waals surface area contributed by atoms with E-state index in [-0.39, 0.29) is 5.92 Å². The van der Waals surface area contributed by atoms with Gasteiger partial charge in [0.15, 0.2) is 11.7 Å². The van der Waals surface area contributed by atoms with Crippen molar-refractivity contribution >= 4 is 17.1 Å². The molecule has 5 heteroatoms. The second-order valence-electron chi connectivity index (χ2n) is 4.04. The first kappa shape index (κ1) is 10.3. The molecule has 0 radical (unpaired) electrons. The van der Waals surface area contributed by atoms with Gasteiger partial charge in [0.1, 0.15) is 5.52 Å². The van der Waals surface area contributed by atoms with E-state index in [0.717, 1.165) is 5.52 Å². The van der Waals surface area contributed by atoms with Crippen LogP contribution in [0.4, 0.5) is 0 Å². The van der Waals surface area contributed by atoms with Crippen LogP contribution in [0, 0.1) is 0 Å². The normalized spacial score (nSPS) is 24.2. The average Bonchev–Trinajstić information content (AvgIpc) is 2.95. The molecule has 0 amide bonds. The van der Waals surface area contributed by atoms with Crippen LogP contribution in [0.25, 0.3) is 11.1 Å². The van der Waals surface area contributed by atoms with Crippen LogP contribution >= 0.6 is 0 Å². The molecule has 0 aliphatic carbocycles. The lowest BCUT2D eigenvalue weighted by atomic mass is 10.0. The van der Waals surface area contributed by atoms with Gasteiger partial charge in [0.25, 0.3) is 0 Å². The third kappa shape index (κ3) is 1.68. The first-order chi connectivity index (χ1) is 8.25. The monoisotopic (exact) mass is 233 g/mol. The molecule has 1 aliphatic heterocycles. The van der Waals surface area contributed by atoms with E-state index in [0.29, 0.717) is 24.5 Å². The molecule has 2 aromatic rings. The third-order valence-electron chi connectivity index (χ3n) is 2.96. The fraction of sp³-hybridized carbons (Fsp3) is 0.333.